The van der Waals surface area contributed by atoms with E-state index in [1.807, 2.05) is 43.7 Å². The van der Waals surface area contributed by atoms with Gasteiger partial charge in [-0.1, -0.05) is 24.3 Å². The Morgan fingerprint density at radius 1 is 1.18 bits per heavy atom. The van der Waals surface area contributed by atoms with Gasteiger partial charge in [-0.05, 0) is 47.4 Å². The summed E-state index contributed by atoms with van der Waals surface area (Å²) in [6.45, 7) is 0. The number of hydrogen-bond acceptors (Lipinski definition) is 9. The first-order chi connectivity index (χ1) is 18.9. The number of fused-ring (bicyclic) bond motifs is 1. The number of nitrogens with zero attached hydrogens (tertiary/aromatic N) is 4. The third-order valence-electron chi connectivity index (χ3n) is 6.87. The standard InChI is InChI=1S/C29H31N7O3/c1-36-16-21(15-33-36)26-22-7-5-4-6-18(22)13-23(34-26)24(37)9-8-19-10-17(12-25(38-2)27(19)39-3)11-20-14-32-29(31)35-28(20)30/h4-10,12,14-16,23,26,34H,11,13H2,1-3H3,(H4,30,31,32,35). The average Bonchev–Trinajstić information content (AvgIpc) is 3.38. The SMILES string of the molecule is COc1cc(Cc2cnc(N)nc2N)cc(C=CC(=O)C2Cc3ccccc3C(c3cnn(C)c3)N2)c1OC. The second kappa shape index (κ2) is 11.0. The molecular formula is C29H31N7O3. The summed E-state index contributed by atoms with van der Waals surface area (Å²) >= 11 is 0. The Bertz CT molecular complexity index is 1550. The molecule has 1 aliphatic rings. The molecule has 0 aliphatic carbocycles. The zero-order valence-electron chi connectivity index (χ0n) is 22.1. The molecule has 0 saturated carbocycles. The summed E-state index contributed by atoms with van der Waals surface area (Å²) in [6.07, 6.45) is 9.81. The lowest BCUT2D eigenvalue weighted by Crippen LogP contribution is -2.44. The lowest BCUT2D eigenvalue weighted by Gasteiger charge is -2.31. The van der Waals surface area contributed by atoms with Crippen LogP contribution in [0, 0.1) is 0 Å². The van der Waals surface area contributed by atoms with Crippen LogP contribution in [-0.4, -0.2) is 45.8 Å². The Balaban J connectivity index is 1.43. The number of carbonyl (C=O) groups is 1. The highest BCUT2D eigenvalue weighted by Gasteiger charge is 2.30. The van der Waals surface area contributed by atoms with E-state index >= 15 is 0 Å². The van der Waals surface area contributed by atoms with Crippen molar-refractivity contribution in [1.29, 1.82) is 0 Å². The Morgan fingerprint density at radius 3 is 2.72 bits per heavy atom. The second-order valence-electron chi connectivity index (χ2n) is 9.47. The lowest BCUT2D eigenvalue weighted by molar-refractivity contribution is -0.116. The van der Waals surface area contributed by atoms with Crippen LogP contribution in [0.15, 0.2) is 61.1 Å². The van der Waals surface area contributed by atoms with Crippen LogP contribution in [0.1, 0.15) is 39.4 Å². The van der Waals surface area contributed by atoms with Gasteiger partial charge in [-0.25, -0.2) is 4.98 Å². The van der Waals surface area contributed by atoms with Crippen LogP contribution in [0.5, 0.6) is 11.5 Å². The molecule has 2 unspecified atom stereocenters. The number of nitrogen functional groups attached to an aromatic ring is 2. The zero-order chi connectivity index (χ0) is 27.5. The maximum atomic E-state index is 13.5. The van der Waals surface area contributed by atoms with Crippen molar-refractivity contribution in [2.75, 3.05) is 25.7 Å². The van der Waals surface area contributed by atoms with E-state index in [1.165, 1.54) is 0 Å². The van der Waals surface area contributed by atoms with Crippen LogP contribution in [0.2, 0.25) is 0 Å². The summed E-state index contributed by atoms with van der Waals surface area (Å²) in [6, 6.07) is 11.5. The monoisotopic (exact) mass is 525 g/mol. The fourth-order valence-electron chi connectivity index (χ4n) is 4.98. The Hall–Kier alpha value is -4.70. The number of methoxy groups -OCH3 is 2. The minimum atomic E-state index is -0.399. The van der Waals surface area contributed by atoms with Gasteiger partial charge in [0.2, 0.25) is 5.95 Å². The van der Waals surface area contributed by atoms with Gasteiger partial charge in [-0.15, -0.1) is 0 Å². The number of ketones is 1. The number of ether oxygens (including phenoxy) is 2. The topological polar surface area (TPSA) is 143 Å². The zero-order valence-corrected chi connectivity index (χ0v) is 22.1. The van der Waals surface area contributed by atoms with Gasteiger partial charge in [-0.3, -0.25) is 14.8 Å². The number of rotatable bonds is 8. The van der Waals surface area contributed by atoms with E-state index in [0.717, 1.165) is 27.8 Å². The fourth-order valence-corrected chi connectivity index (χ4v) is 4.98. The summed E-state index contributed by atoms with van der Waals surface area (Å²) in [5, 5.41) is 7.86. The molecule has 5 rings (SSSR count). The molecular weight excluding hydrogens is 494 g/mol. The molecule has 2 atom stereocenters. The quantitative estimate of drug-likeness (QED) is 0.296. The lowest BCUT2D eigenvalue weighted by atomic mass is 9.86. The molecule has 5 N–H and O–H groups in total. The van der Waals surface area contributed by atoms with Crippen molar-refractivity contribution in [3.63, 3.8) is 0 Å². The fraction of sp³-hybridized carbons (Fsp3) is 0.241. The third kappa shape index (κ3) is 5.46. The highest BCUT2D eigenvalue weighted by molar-refractivity contribution is 5.98. The summed E-state index contributed by atoms with van der Waals surface area (Å²) in [5.41, 5.74) is 17.3. The van der Waals surface area contributed by atoms with Crippen molar-refractivity contribution in [1.82, 2.24) is 25.1 Å². The van der Waals surface area contributed by atoms with E-state index in [2.05, 4.69) is 32.5 Å². The minimum Gasteiger partial charge on any atom is -0.493 e. The average molecular weight is 526 g/mol. The van der Waals surface area contributed by atoms with Crippen LogP contribution < -0.4 is 26.3 Å². The number of carbonyl (C=O) groups excluding carboxylic acids is 1. The van der Waals surface area contributed by atoms with Crippen molar-refractivity contribution < 1.29 is 14.3 Å². The Morgan fingerprint density at radius 2 is 2.00 bits per heavy atom. The summed E-state index contributed by atoms with van der Waals surface area (Å²) in [4.78, 5) is 21.6. The largest absolute Gasteiger partial charge is 0.493 e. The number of nitrogens with two attached hydrogens (primary N) is 2. The van der Waals surface area contributed by atoms with Crippen molar-refractivity contribution in [2.24, 2.45) is 7.05 Å². The van der Waals surface area contributed by atoms with Crippen LogP contribution in [0.3, 0.4) is 0 Å². The van der Waals surface area contributed by atoms with Crippen molar-refractivity contribution in [3.8, 4) is 11.5 Å². The van der Waals surface area contributed by atoms with E-state index < -0.39 is 6.04 Å². The van der Waals surface area contributed by atoms with Crippen LogP contribution >= 0.6 is 0 Å². The smallest absolute Gasteiger partial charge is 0.221 e. The molecule has 3 heterocycles. The first-order valence-corrected chi connectivity index (χ1v) is 12.5. The van der Waals surface area contributed by atoms with Gasteiger partial charge < -0.3 is 20.9 Å². The summed E-state index contributed by atoms with van der Waals surface area (Å²) in [7, 11) is 5.03. The van der Waals surface area contributed by atoms with E-state index in [9.17, 15) is 4.79 Å². The molecule has 39 heavy (non-hydrogen) atoms. The first kappa shape index (κ1) is 25.9. The molecule has 4 aromatic rings. The number of nitrogens with one attached hydrogen (secondary N) is 1. The Labute approximate surface area is 226 Å². The number of hydrogen-bond donors (Lipinski definition) is 3. The van der Waals surface area contributed by atoms with Gasteiger partial charge in [0, 0.05) is 42.6 Å². The highest BCUT2D eigenvalue weighted by Crippen LogP contribution is 2.35. The molecule has 0 saturated heterocycles. The summed E-state index contributed by atoms with van der Waals surface area (Å²) in [5.74, 6) is 1.47. The van der Waals surface area contributed by atoms with E-state index in [-0.39, 0.29) is 17.8 Å². The number of benzene rings is 2. The van der Waals surface area contributed by atoms with Gasteiger partial charge in [0.15, 0.2) is 17.3 Å². The molecule has 2 aromatic heterocycles. The molecule has 200 valence electrons. The molecule has 10 heteroatoms. The van der Waals surface area contributed by atoms with Gasteiger partial charge in [0.05, 0.1) is 32.5 Å². The number of anilines is 2. The van der Waals surface area contributed by atoms with Crippen molar-refractivity contribution >= 4 is 23.6 Å². The predicted octanol–water partition coefficient (Wildman–Crippen LogP) is 2.87. The molecule has 0 spiro atoms. The van der Waals surface area contributed by atoms with Crippen LogP contribution in [-0.2, 0) is 24.7 Å². The second-order valence-corrected chi connectivity index (χ2v) is 9.47. The number of aromatic nitrogens is 4. The van der Waals surface area contributed by atoms with Crippen LogP contribution in [0.4, 0.5) is 11.8 Å². The molecule has 0 bridgehead atoms. The first-order valence-electron chi connectivity index (χ1n) is 12.5. The molecule has 0 fully saturated rings. The molecule has 1 aliphatic heterocycles. The molecule has 0 amide bonds. The highest BCUT2D eigenvalue weighted by atomic mass is 16.5. The molecule has 0 radical (unpaired) electrons. The minimum absolute atomic E-state index is 0.0407. The maximum absolute atomic E-state index is 13.5. The maximum Gasteiger partial charge on any atom is 0.221 e. The van der Waals surface area contributed by atoms with Gasteiger partial charge >= 0.3 is 0 Å². The predicted molar refractivity (Wildman–Crippen MR) is 149 cm³/mol. The molecule has 2 aromatic carbocycles. The van der Waals surface area contributed by atoms with E-state index in [4.69, 9.17) is 20.9 Å². The van der Waals surface area contributed by atoms with Crippen molar-refractivity contribution in [3.05, 3.63) is 94.4 Å². The summed E-state index contributed by atoms with van der Waals surface area (Å²) < 4.78 is 13.0. The third-order valence-corrected chi connectivity index (χ3v) is 6.87. The normalized spacial score (nSPS) is 16.7. The van der Waals surface area contributed by atoms with Gasteiger partial charge in [0.25, 0.3) is 0 Å². The van der Waals surface area contributed by atoms with Gasteiger partial charge in [-0.2, -0.15) is 10.1 Å². The van der Waals surface area contributed by atoms with E-state index in [0.29, 0.717) is 35.7 Å². The molecule has 10 nitrogen and oxygen atoms in total. The van der Waals surface area contributed by atoms with E-state index in [1.54, 1.807) is 37.3 Å². The van der Waals surface area contributed by atoms with Crippen LogP contribution in [0.25, 0.3) is 6.08 Å². The van der Waals surface area contributed by atoms with Crippen molar-refractivity contribution in [2.45, 2.75) is 24.9 Å². The van der Waals surface area contributed by atoms with Gasteiger partial charge in [0.1, 0.15) is 5.82 Å². The Kier molecular flexibility index (Phi) is 7.29. The number of aryl methyl sites for hydroxylation is 1.